The fourth-order valence-corrected chi connectivity index (χ4v) is 3.70. The summed E-state index contributed by atoms with van der Waals surface area (Å²) < 4.78 is 12.5. The zero-order valence-electron chi connectivity index (χ0n) is 10.9. The van der Waals surface area contributed by atoms with Gasteiger partial charge in [-0.1, -0.05) is 36.4 Å². The Labute approximate surface area is 119 Å². The molecule has 1 aliphatic rings. The maximum atomic E-state index is 12.5. The lowest BCUT2D eigenvalue weighted by Crippen LogP contribution is -2.09. The minimum Gasteiger partial charge on any atom is -0.506 e. The fourth-order valence-electron chi connectivity index (χ4n) is 2.33. The van der Waals surface area contributed by atoms with Crippen LogP contribution in [0.15, 0.2) is 58.3 Å². The van der Waals surface area contributed by atoms with Gasteiger partial charge in [-0.05, 0) is 24.6 Å². The summed E-state index contributed by atoms with van der Waals surface area (Å²) in [5.41, 5.74) is 2.29. The summed E-state index contributed by atoms with van der Waals surface area (Å²) >= 11 is 0. The van der Waals surface area contributed by atoms with E-state index in [9.17, 15) is 9.32 Å². The third-order valence-corrected chi connectivity index (χ3v) is 4.91. The van der Waals surface area contributed by atoms with E-state index in [1.54, 1.807) is 30.3 Å². The van der Waals surface area contributed by atoms with Crippen molar-refractivity contribution in [3.63, 3.8) is 0 Å². The molecular weight excluding hydrogens is 270 g/mol. The molecule has 2 aromatic carbocycles. The Morgan fingerprint density at radius 2 is 1.75 bits per heavy atom. The van der Waals surface area contributed by atoms with E-state index in [2.05, 4.69) is 0 Å². The van der Waals surface area contributed by atoms with Crippen LogP contribution in [0.3, 0.4) is 0 Å². The number of hydrogen-bond donors (Lipinski definition) is 2. The van der Waals surface area contributed by atoms with E-state index in [0.29, 0.717) is 16.0 Å². The van der Waals surface area contributed by atoms with Crippen molar-refractivity contribution in [2.45, 2.75) is 11.8 Å². The molecule has 2 aromatic rings. The maximum absolute atomic E-state index is 12.5. The van der Waals surface area contributed by atoms with Crippen LogP contribution in [0.4, 0.5) is 0 Å². The van der Waals surface area contributed by atoms with E-state index in [1.165, 1.54) is 0 Å². The molecule has 100 valence electrons. The molecule has 0 aliphatic carbocycles. The second-order valence-corrected chi connectivity index (χ2v) is 6.02. The zero-order chi connectivity index (χ0) is 14.3. The lowest BCUT2D eigenvalue weighted by atomic mass is 10.0. The average molecular weight is 283 g/mol. The number of hydrogen-bond acceptors (Lipinski definition) is 3. The third-order valence-electron chi connectivity index (χ3n) is 3.38. The molecule has 0 aromatic heterocycles. The molecule has 0 saturated heterocycles. The minimum atomic E-state index is -1.50. The summed E-state index contributed by atoms with van der Waals surface area (Å²) in [6, 6.07) is 14.4. The second kappa shape index (κ2) is 4.72. The number of rotatable bonds is 2. The van der Waals surface area contributed by atoms with Crippen LogP contribution in [-0.4, -0.2) is 15.0 Å². The van der Waals surface area contributed by atoms with Crippen LogP contribution < -0.4 is 0 Å². The van der Waals surface area contributed by atoms with Gasteiger partial charge in [0.15, 0.2) is 0 Å². The third kappa shape index (κ3) is 1.80. The van der Waals surface area contributed by atoms with Crippen molar-refractivity contribution >= 4 is 22.3 Å². The van der Waals surface area contributed by atoms with Gasteiger partial charge in [-0.2, -0.15) is 0 Å². The normalized spacial score (nSPS) is 17.1. The van der Waals surface area contributed by atoms with Crippen LogP contribution in [0, 0.1) is 12.3 Å². The number of aliphatic hydroxyl groups excluding tert-OH is 1. The van der Waals surface area contributed by atoms with Gasteiger partial charge in [0.25, 0.3) is 0 Å². The average Bonchev–Trinajstić information content (AvgIpc) is 2.71. The summed E-state index contributed by atoms with van der Waals surface area (Å²) in [6.07, 6.45) is 0. The molecular formula is C16H13NO2S. The van der Waals surface area contributed by atoms with Crippen LogP contribution in [0.5, 0.6) is 0 Å². The van der Waals surface area contributed by atoms with Crippen molar-refractivity contribution < 1.29 is 9.32 Å². The Hall–Kier alpha value is -2.20. The monoisotopic (exact) mass is 283 g/mol. The minimum absolute atomic E-state index is 0.0489. The number of aryl methyl sites for hydroxylation is 1. The van der Waals surface area contributed by atoms with Crippen molar-refractivity contribution in [3.8, 4) is 0 Å². The molecule has 20 heavy (non-hydrogen) atoms. The van der Waals surface area contributed by atoms with Crippen LogP contribution in [0.1, 0.15) is 16.7 Å². The van der Waals surface area contributed by atoms with E-state index in [0.717, 1.165) is 5.56 Å². The first-order chi connectivity index (χ1) is 9.61. The van der Waals surface area contributed by atoms with Crippen LogP contribution in [0.2, 0.25) is 0 Å². The van der Waals surface area contributed by atoms with Gasteiger partial charge in [0.1, 0.15) is 10.7 Å². The lowest BCUT2D eigenvalue weighted by Gasteiger charge is -2.08. The smallest absolute Gasteiger partial charge is 0.142 e. The van der Waals surface area contributed by atoms with Gasteiger partial charge >= 0.3 is 0 Å². The highest BCUT2D eigenvalue weighted by atomic mass is 32.2. The standard InChI is InChI=1S/C16H13NO2S/c1-10-6-2-3-7-11(10)14(17)16-15(18)12-8-4-5-9-13(12)20(16)19/h2-9,17-18H,1H3. The maximum Gasteiger partial charge on any atom is 0.142 e. The summed E-state index contributed by atoms with van der Waals surface area (Å²) in [6.45, 7) is 1.90. The zero-order valence-corrected chi connectivity index (χ0v) is 11.7. The molecule has 0 bridgehead atoms. The van der Waals surface area contributed by atoms with Gasteiger partial charge in [0.2, 0.25) is 0 Å². The summed E-state index contributed by atoms with van der Waals surface area (Å²) in [5.74, 6) is -0.0489. The molecule has 1 aliphatic heterocycles. The van der Waals surface area contributed by atoms with E-state index < -0.39 is 10.8 Å². The SMILES string of the molecule is Cc1ccccc1C(=N)C1=C(O)c2ccccc2S1=O. The van der Waals surface area contributed by atoms with E-state index in [1.807, 2.05) is 25.1 Å². The molecule has 1 atom stereocenters. The molecule has 1 unspecified atom stereocenters. The van der Waals surface area contributed by atoms with Crippen LogP contribution in [-0.2, 0) is 10.8 Å². The van der Waals surface area contributed by atoms with Crippen molar-refractivity contribution in [1.82, 2.24) is 0 Å². The highest BCUT2D eigenvalue weighted by molar-refractivity contribution is 7.90. The Morgan fingerprint density at radius 3 is 2.45 bits per heavy atom. The first-order valence-electron chi connectivity index (χ1n) is 6.20. The quantitative estimate of drug-likeness (QED) is 0.830. The Bertz CT molecular complexity index is 778. The fraction of sp³-hybridized carbons (Fsp3) is 0.0625. The van der Waals surface area contributed by atoms with E-state index in [-0.39, 0.29) is 16.4 Å². The number of aliphatic hydroxyl groups is 1. The molecule has 0 fully saturated rings. The summed E-state index contributed by atoms with van der Waals surface area (Å²) in [7, 11) is -1.50. The molecule has 3 nitrogen and oxygen atoms in total. The largest absolute Gasteiger partial charge is 0.506 e. The number of fused-ring (bicyclic) bond motifs is 1. The molecule has 4 heteroatoms. The van der Waals surface area contributed by atoms with Gasteiger partial charge < -0.3 is 5.11 Å². The molecule has 0 spiro atoms. The van der Waals surface area contributed by atoms with Crippen molar-refractivity contribution in [3.05, 3.63) is 70.1 Å². The highest BCUT2D eigenvalue weighted by Gasteiger charge is 2.31. The predicted octanol–water partition coefficient (Wildman–Crippen LogP) is 3.41. The summed E-state index contributed by atoms with van der Waals surface area (Å²) in [4.78, 5) is 0.763. The first-order valence-corrected chi connectivity index (χ1v) is 7.35. The number of allylic oxidation sites excluding steroid dienone is 1. The molecule has 2 N–H and O–H groups in total. The highest BCUT2D eigenvalue weighted by Crippen LogP contribution is 2.36. The van der Waals surface area contributed by atoms with Gasteiger partial charge in [-0.3, -0.25) is 5.41 Å². The topological polar surface area (TPSA) is 61.1 Å². The number of nitrogens with one attached hydrogen (secondary N) is 1. The molecule has 0 saturated carbocycles. The predicted molar refractivity (Wildman–Crippen MR) is 80.4 cm³/mol. The Balaban J connectivity index is 2.13. The Kier molecular flexibility index (Phi) is 3.03. The molecule has 3 rings (SSSR count). The Morgan fingerprint density at radius 1 is 1.10 bits per heavy atom. The van der Waals surface area contributed by atoms with Crippen molar-refractivity contribution in [2.75, 3.05) is 0 Å². The van der Waals surface area contributed by atoms with Crippen LogP contribution in [0.25, 0.3) is 5.76 Å². The molecule has 1 heterocycles. The van der Waals surface area contributed by atoms with Gasteiger partial charge in [-0.15, -0.1) is 0 Å². The van der Waals surface area contributed by atoms with E-state index >= 15 is 0 Å². The summed E-state index contributed by atoms with van der Waals surface area (Å²) in [5, 5.41) is 18.6. The van der Waals surface area contributed by atoms with E-state index in [4.69, 9.17) is 5.41 Å². The van der Waals surface area contributed by atoms with Crippen molar-refractivity contribution in [1.29, 1.82) is 5.41 Å². The number of benzene rings is 2. The first kappa shape index (κ1) is 12.8. The molecule has 0 amide bonds. The van der Waals surface area contributed by atoms with Crippen molar-refractivity contribution in [2.24, 2.45) is 0 Å². The van der Waals surface area contributed by atoms with Crippen LogP contribution >= 0.6 is 0 Å². The van der Waals surface area contributed by atoms with Gasteiger partial charge in [0.05, 0.1) is 21.4 Å². The van der Waals surface area contributed by atoms with Gasteiger partial charge in [0, 0.05) is 11.1 Å². The molecule has 0 radical (unpaired) electrons. The lowest BCUT2D eigenvalue weighted by molar-refractivity contribution is 0.511. The second-order valence-electron chi connectivity index (χ2n) is 4.63. The van der Waals surface area contributed by atoms with Gasteiger partial charge in [-0.25, -0.2) is 4.21 Å².